The lowest BCUT2D eigenvalue weighted by Gasteiger charge is -2.05. The summed E-state index contributed by atoms with van der Waals surface area (Å²) in [5, 5.41) is 0. The van der Waals surface area contributed by atoms with Gasteiger partial charge in [-0.2, -0.15) is 0 Å². The molecule has 1 aromatic carbocycles. The highest BCUT2D eigenvalue weighted by Gasteiger charge is 2.00. The fourth-order valence-electron chi connectivity index (χ4n) is 1.50. The summed E-state index contributed by atoms with van der Waals surface area (Å²) in [6.45, 7) is 2.31. The molecule has 0 saturated carbocycles. The average Bonchev–Trinajstić information content (AvgIpc) is 2.49. The second-order valence-corrected chi connectivity index (χ2v) is 3.99. The van der Waals surface area contributed by atoms with Crippen molar-refractivity contribution in [2.24, 2.45) is 0 Å². The minimum atomic E-state index is -0.382. The van der Waals surface area contributed by atoms with Gasteiger partial charge in [0, 0.05) is 12.1 Å². The number of ether oxygens (including phenoxy) is 3. The van der Waals surface area contributed by atoms with E-state index in [-0.39, 0.29) is 5.97 Å². The molecule has 0 aromatic heterocycles. The van der Waals surface area contributed by atoms with Gasteiger partial charge in [-0.1, -0.05) is 19.1 Å². The summed E-state index contributed by atoms with van der Waals surface area (Å²) in [6.07, 6.45) is 7.74. The quantitative estimate of drug-likeness (QED) is 0.436. The number of carbonyl (C=O) groups excluding carboxylic acids is 1. The van der Waals surface area contributed by atoms with Crippen LogP contribution in [0.25, 0.3) is 6.08 Å². The molecule has 0 unspecified atom stereocenters. The van der Waals surface area contributed by atoms with Crippen molar-refractivity contribution in [3.05, 3.63) is 42.0 Å². The van der Waals surface area contributed by atoms with Gasteiger partial charge < -0.3 is 14.2 Å². The minimum Gasteiger partial charge on any atom is -0.497 e. The lowest BCUT2D eigenvalue weighted by Crippen LogP contribution is -1.99. The van der Waals surface area contributed by atoms with E-state index in [4.69, 9.17) is 14.2 Å². The van der Waals surface area contributed by atoms with Crippen LogP contribution in [0.2, 0.25) is 0 Å². The van der Waals surface area contributed by atoms with Crippen molar-refractivity contribution >= 4 is 12.0 Å². The van der Waals surface area contributed by atoms with Gasteiger partial charge >= 0.3 is 5.97 Å². The number of allylic oxidation sites excluding steroid dienone is 1. The van der Waals surface area contributed by atoms with Gasteiger partial charge in [0.1, 0.15) is 18.1 Å². The van der Waals surface area contributed by atoms with Gasteiger partial charge in [-0.05, 0) is 30.2 Å². The molecule has 0 atom stereocenters. The lowest BCUT2D eigenvalue weighted by atomic mass is 10.2. The molecule has 0 saturated heterocycles. The fourth-order valence-corrected chi connectivity index (χ4v) is 1.50. The molecule has 0 radical (unpaired) electrons. The van der Waals surface area contributed by atoms with Crippen LogP contribution in [-0.4, -0.2) is 26.8 Å². The third-order valence-electron chi connectivity index (χ3n) is 2.51. The molecule has 0 aliphatic carbocycles. The zero-order chi connectivity index (χ0) is 14.8. The molecule has 0 heterocycles. The Morgan fingerprint density at radius 2 is 1.75 bits per heavy atom. The zero-order valence-corrected chi connectivity index (χ0v) is 12.1. The van der Waals surface area contributed by atoms with E-state index in [2.05, 4.69) is 0 Å². The summed E-state index contributed by atoms with van der Waals surface area (Å²) in [5.41, 5.74) is 0.808. The summed E-state index contributed by atoms with van der Waals surface area (Å²) < 4.78 is 15.3. The predicted octanol–water partition coefficient (Wildman–Crippen LogP) is 3.23. The number of rotatable bonds is 7. The summed E-state index contributed by atoms with van der Waals surface area (Å²) in [5.74, 6) is 0.957. The number of hydrogen-bond acceptors (Lipinski definition) is 4. The number of esters is 1. The Kier molecular flexibility index (Phi) is 6.96. The van der Waals surface area contributed by atoms with Crippen LogP contribution in [-0.2, 0) is 9.53 Å². The smallest absolute Gasteiger partial charge is 0.331 e. The van der Waals surface area contributed by atoms with Crippen LogP contribution in [0.3, 0.4) is 0 Å². The standard InChI is InChI=1S/C16H20O4/c1-4-5-6-9-20-16(17)8-7-13-10-14(18-2)12-15(11-13)19-3/h5-8,10-12H,4,9H2,1-3H3. The van der Waals surface area contributed by atoms with Crippen LogP contribution in [0.4, 0.5) is 0 Å². The molecule has 108 valence electrons. The van der Waals surface area contributed by atoms with E-state index in [0.717, 1.165) is 12.0 Å². The predicted molar refractivity (Wildman–Crippen MR) is 79.0 cm³/mol. The van der Waals surface area contributed by atoms with Crippen LogP contribution >= 0.6 is 0 Å². The molecule has 20 heavy (non-hydrogen) atoms. The molecule has 4 nitrogen and oxygen atoms in total. The van der Waals surface area contributed by atoms with Crippen LogP contribution in [0.5, 0.6) is 11.5 Å². The Morgan fingerprint density at radius 3 is 2.30 bits per heavy atom. The first kappa shape index (κ1) is 15.8. The first-order chi connectivity index (χ1) is 9.69. The van der Waals surface area contributed by atoms with E-state index in [1.165, 1.54) is 6.08 Å². The van der Waals surface area contributed by atoms with Gasteiger partial charge in [0.25, 0.3) is 0 Å². The maximum atomic E-state index is 11.5. The van der Waals surface area contributed by atoms with E-state index >= 15 is 0 Å². The first-order valence-corrected chi connectivity index (χ1v) is 6.42. The molecule has 1 rings (SSSR count). The molecule has 0 aliphatic rings. The Morgan fingerprint density at radius 1 is 1.10 bits per heavy atom. The topological polar surface area (TPSA) is 44.8 Å². The van der Waals surface area contributed by atoms with Gasteiger partial charge in [0.15, 0.2) is 0 Å². The maximum Gasteiger partial charge on any atom is 0.331 e. The van der Waals surface area contributed by atoms with Crippen LogP contribution in [0, 0.1) is 0 Å². The van der Waals surface area contributed by atoms with Crippen molar-refractivity contribution in [1.82, 2.24) is 0 Å². The molecule has 0 aliphatic heterocycles. The van der Waals surface area contributed by atoms with Gasteiger partial charge in [0.05, 0.1) is 14.2 Å². The summed E-state index contributed by atoms with van der Waals surface area (Å²) >= 11 is 0. The van der Waals surface area contributed by atoms with Gasteiger partial charge in [0.2, 0.25) is 0 Å². The Hall–Kier alpha value is -2.23. The van der Waals surface area contributed by atoms with E-state index in [9.17, 15) is 4.79 Å². The third-order valence-corrected chi connectivity index (χ3v) is 2.51. The van der Waals surface area contributed by atoms with Crippen LogP contribution in [0.1, 0.15) is 18.9 Å². The normalized spacial score (nSPS) is 10.9. The van der Waals surface area contributed by atoms with E-state index in [0.29, 0.717) is 18.1 Å². The van der Waals surface area contributed by atoms with Gasteiger partial charge in [-0.25, -0.2) is 4.79 Å². The second kappa shape index (κ2) is 8.80. The lowest BCUT2D eigenvalue weighted by molar-refractivity contribution is -0.136. The van der Waals surface area contributed by atoms with Crippen molar-refractivity contribution in [1.29, 1.82) is 0 Å². The first-order valence-electron chi connectivity index (χ1n) is 6.42. The Labute approximate surface area is 119 Å². The van der Waals surface area contributed by atoms with E-state index in [1.54, 1.807) is 26.4 Å². The summed E-state index contributed by atoms with van der Waals surface area (Å²) in [4.78, 5) is 11.5. The van der Waals surface area contributed by atoms with E-state index < -0.39 is 0 Å². The monoisotopic (exact) mass is 276 g/mol. The van der Waals surface area contributed by atoms with Crippen LogP contribution < -0.4 is 9.47 Å². The molecule has 1 aromatic rings. The molecule has 0 N–H and O–H groups in total. The molecule has 0 fully saturated rings. The third kappa shape index (κ3) is 5.61. The fraction of sp³-hybridized carbons (Fsp3) is 0.312. The highest BCUT2D eigenvalue weighted by molar-refractivity contribution is 5.87. The van der Waals surface area contributed by atoms with Crippen LogP contribution in [0.15, 0.2) is 36.4 Å². The van der Waals surface area contributed by atoms with Crippen molar-refractivity contribution in [3.63, 3.8) is 0 Å². The Balaban J connectivity index is 2.64. The SMILES string of the molecule is CCC=CCOC(=O)C=Cc1cc(OC)cc(OC)c1. The summed E-state index contributed by atoms with van der Waals surface area (Å²) in [6, 6.07) is 5.39. The minimum absolute atomic E-state index is 0.290. The average molecular weight is 276 g/mol. The number of hydrogen-bond donors (Lipinski definition) is 0. The number of benzene rings is 1. The molecule has 4 heteroatoms. The molecule has 0 bridgehead atoms. The highest BCUT2D eigenvalue weighted by Crippen LogP contribution is 2.23. The largest absolute Gasteiger partial charge is 0.497 e. The summed E-state index contributed by atoms with van der Waals surface area (Å²) in [7, 11) is 3.16. The second-order valence-electron chi connectivity index (χ2n) is 3.99. The zero-order valence-electron chi connectivity index (χ0n) is 12.1. The Bertz CT molecular complexity index is 467. The number of methoxy groups -OCH3 is 2. The van der Waals surface area contributed by atoms with Gasteiger partial charge in [-0.15, -0.1) is 0 Å². The molecular formula is C16H20O4. The molecule has 0 amide bonds. The van der Waals surface area contributed by atoms with Crippen molar-refractivity contribution < 1.29 is 19.0 Å². The van der Waals surface area contributed by atoms with Crippen molar-refractivity contribution in [3.8, 4) is 11.5 Å². The van der Waals surface area contributed by atoms with Crippen molar-refractivity contribution in [2.75, 3.05) is 20.8 Å². The van der Waals surface area contributed by atoms with E-state index in [1.807, 2.05) is 31.2 Å². The molecule has 0 spiro atoms. The maximum absolute atomic E-state index is 11.5. The number of carbonyl (C=O) groups is 1. The molecular weight excluding hydrogens is 256 g/mol. The highest BCUT2D eigenvalue weighted by atomic mass is 16.5. The van der Waals surface area contributed by atoms with Gasteiger partial charge in [-0.3, -0.25) is 0 Å². The van der Waals surface area contributed by atoms with Crippen molar-refractivity contribution in [2.45, 2.75) is 13.3 Å².